The predicted molar refractivity (Wildman–Crippen MR) is 119 cm³/mol. The van der Waals surface area contributed by atoms with E-state index in [0.29, 0.717) is 12.3 Å². The van der Waals surface area contributed by atoms with E-state index >= 15 is 0 Å². The molecule has 0 amide bonds. The van der Waals surface area contributed by atoms with Gasteiger partial charge >= 0.3 is 0 Å². The fourth-order valence-electron chi connectivity index (χ4n) is 5.63. The molecule has 2 atom stereocenters. The molecule has 2 nitrogen and oxygen atoms in total. The van der Waals surface area contributed by atoms with Gasteiger partial charge in [-0.15, -0.1) is 0 Å². The molecular formula is C28H23NO. The second-order valence-corrected chi connectivity index (χ2v) is 8.61. The third-order valence-electron chi connectivity index (χ3n) is 7.10. The highest BCUT2D eigenvalue weighted by Crippen LogP contribution is 2.68. The SMILES string of the molecule is OC(C[C@H]1C[C@@]12c1ccccc1-c1ncccc12)(c1ccccc1)c1ccccc1. The zero-order valence-corrected chi connectivity index (χ0v) is 16.7. The normalized spacial score (nSPS) is 21.3. The van der Waals surface area contributed by atoms with Crippen molar-refractivity contribution in [3.05, 3.63) is 126 Å². The van der Waals surface area contributed by atoms with Crippen molar-refractivity contribution in [1.82, 2.24) is 4.98 Å². The van der Waals surface area contributed by atoms with Crippen molar-refractivity contribution in [2.75, 3.05) is 0 Å². The van der Waals surface area contributed by atoms with E-state index in [9.17, 15) is 5.11 Å². The van der Waals surface area contributed by atoms with Gasteiger partial charge in [-0.1, -0.05) is 91.0 Å². The summed E-state index contributed by atoms with van der Waals surface area (Å²) in [5, 5.41) is 12.1. The van der Waals surface area contributed by atoms with Gasteiger partial charge in [-0.2, -0.15) is 0 Å². The average Bonchev–Trinajstić information content (AvgIpc) is 3.46. The molecule has 1 fully saturated rings. The quantitative estimate of drug-likeness (QED) is 0.486. The van der Waals surface area contributed by atoms with Crippen LogP contribution in [0.15, 0.2) is 103 Å². The van der Waals surface area contributed by atoms with Gasteiger partial charge < -0.3 is 5.11 Å². The van der Waals surface area contributed by atoms with E-state index in [1.165, 1.54) is 16.7 Å². The molecule has 3 aromatic carbocycles. The highest BCUT2D eigenvalue weighted by Gasteiger charge is 2.62. The van der Waals surface area contributed by atoms with Crippen LogP contribution in [0, 0.1) is 5.92 Å². The summed E-state index contributed by atoms with van der Waals surface area (Å²) in [5.41, 5.74) is 5.91. The van der Waals surface area contributed by atoms with Crippen LogP contribution in [0.5, 0.6) is 0 Å². The van der Waals surface area contributed by atoms with Crippen LogP contribution >= 0.6 is 0 Å². The van der Waals surface area contributed by atoms with Crippen molar-refractivity contribution >= 4 is 0 Å². The number of benzene rings is 3. The van der Waals surface area contributed by atoms with Gasteiger partial charge in [-0.05, 0) is 47.1 Å². The lowest BCUT2D eigenvalue weighted by atomic mass is 9.79. The molecule has 0 unspecified atom stereocenters. The Morgan fingerprint density at radius 2 is 1.37 bits per heavy atom. The molecule has 6 rings (SSSR count). The summed E-state index contributed by atoms with van der Waals surface area (Å²) < 4.78 is 0. The van der Waals surface area contributed by atoms with Gasteiger partial charge in [0.05, 0.1) is 5.69 Å². The number of rotatable bonds is 4. The number of pyridine rings is 1. The smallest absolute Gasteiger partial charge is 0.115 e. The molecule has 0 saturated heterocycles. The van der Waals surface area contributed by atoms with Gasteiger partial charge in [0, 0.05) is 17.2 Å². The van der Waals surface area contributed by atoms with Crippen molar-refractivity contribution in [2.24, 2.45) is 5.92 Å². The van der Waals surface area contributed by atoms with Gasteiger partial charge in [0.15, 0.2) is 0 Å². The third-order valence-corrected chi connectivity index (χ3v) is 7.10. The van der Waals surface area contributed by atoms with E-state index in [1.807, 2.05) is 72.9 Å². The molecule has 2 aliphatic rings. The lowest BCUT2D eigenvalue weighted by molar-refractivity contribution is 0.0629. The molecule has 0 bridgehead atoms. The molecule has 2 aliphatic carbocycles. The van der Waals surface area contributed by atoms with Crippen molar-refractivity contribution < 1.29 is 5.11 Å². The van der Waals surface area contributed by atoms with Crippen molar-refractivity contribution in [3.8, 4) is 11.3 Å². The Kier molecular flexibility index (Phi) is 3.75. The minimum absolute atomic E-state index is 0.0300. The summed E-state index contributed by atoms with van der Waals surface area (Å²) >= 11 is 0. The van der Waals surface area contributed by atoms with Crippen LogP contribution in [-0.2, 0) is 11.0 Å². The molecule has 4 aromatic rings. The van der Waals surface area contributed by atoms with Gasteiger partial charge in [-0.25, -0.2) is 0 Å². The molecule has 2 heteroatoms. The Labute approximate surface area is 176 Å². The molecule has 30 heavy (non-hydrogen) atoms. The minimum Gasteiger partial charge on any atom is -0.380 e. The molecule has 146 valence electrons. The van der Waals surface area contributed by atoms with Gasteiger partial charge in [0.2, 0.25) is 0 Å². The van der Waals surface area contributed by atoms with Crippen LogP contribution in [0.1, 0.15) is 35.1 Å². The lowest BCUT2D eigenvalue weighted by Crippen LogP contribution is -2.29. The summed E-state index contributed by atoms with van der Waals surface area (Å²) in [7, 11) is 0. The van der Waals surface area contributed by atoms with Gasteiger partial charge in [0.25, 0.3) is 0 Å². The van der Waals surface area contributed by atoms with E-state index in [2.05, 4.69) is 30.3 Å². The number of aliphatic hydroxyl groups is 1. The van der Waals surface area contributed by atoms with Crippen LogP contribution < -0.4 is 0 Å². The largest absolute Gasteiger partial charge is 0.380 e. The van der Waals surface area contributed by atoms with E-state index in [4.69, 9.17) is 4.98 Å². The number of hydrogen-bond acceptors (Lipinski definition) is 2. The maximum Gasteiger partial charge on any atom is 0.115 e. The number of aromatic nitrogens is 1. The van der Waals surface area contributed by atoms with Crippen LogP contribution in [0.2, 0.25) is 0 Å². The zero-order chi connectivity index (χ0) is 20.2. The van der Waals surface area contributed by atoms with E-state index < -0.39 is 5.60 Å². The Balaban J connectivity index is 1.46. The molecular weight excluding hydrogens is 366 g/mol. The molecule has 1 aromatic heterocycles. The summed E-state index contributed by atoms with van der Waals surface area (Å²) in [4.78, 5) is 4.72. The summed E-state index contributed by atoms with van der Waals surface area (Å²) in [6.45, 7) is 0. The molecule has 1 saturated carbocycles. The topological polar surface area (TPSA) is 33.1 Å². The van der Waals surface area contributed by atoms with E-state index in [1.54, 1.807) is 0 Å². The fraction of sp³-hybridized carbons (Fsp3) is 0.179. The van der Waals surface area contributed by atoms with Crippen LogP contribution in [-0.4, -0.2) is 10.1 Å². The second-order valence-electron chi connectivity index (χ2n) is 8.61. The maximum atomic E-state index is 12.1. The summed E-state index contributed by atoms with van der Waals surface area (Å²) in [5.74, 6) is 0.356. The van der Waals surface area contributed by atoms with E-state index in [-0.39, 0.29) is 5.41 Å². The summed E-state index contributed by atoms with van der Waals surface area (Å²) in [6.07, 6.45) is 3.62. The molecule has 0 radical (unpaired) electrons. The fourth-order valence-corrected chi connectivity index (χ4v) is 5.63. The molecule has 1 heterocycles. The standard InChI is InChI=1S/C28H23NO/c30-28(20-10-3-1-4-11-20,21-12-5-2-6-13-21)19-22-18-27(22)24-15-8-7-14-23(24)26-25(27)16-9-17-29-26/h1-17,22,30H,18-19H2/t22-,27+/m1/s1. The van der Waals surface area contributed by atoms with Gasteiger partial charge in [0.1, 0.15) is 5.60 Å². The molecule has 0 aliphatic heterocycles. The van der Waals surface area contributed by atoms with Crippen molar-refractivity contribution in [3.63, 3.8) is 0 Å². The Hall–Kier alpha value is -3.23. The Morgan fingerprint density at radius 3 is 2.07 bits per heavy atom. The first-order valence-corrected chi connectivity index (χ1v) is 10.6. The molecule has 1 spiro atoms. The summed E-state index contributed by atoms with van der Waals surface area (Å²) in [6, 6.07) is 33.1. The van der Waals surface area contributed by atoms with Crippen LogP contribution in [0.25, 0.3) is 11.3 Å². The lowest BCUT2D eigenvalue weighted by Gasteiger charge is -2.31. The Bertz CT molecular complexity index is 1130. The first-order chi connectivity index (χ1) is 14.7. The van der Waals surface area contributed by atoms with Crippen LogP contribution in [0.4, 0.5) is 0 Å². The monoisotopic (exact) mass is 389 g/mol. The molecule has 1 N–H and O–H groups in total. The first-order valence-electron chi connectivity index (χ1n) is 10.6. The van der Waals surface area contributed by atoms with Crippen molar-refractivity contribution in [1.29, 1.82) is 0 Å². The first kappa shape index (κ1) is 17.6. The predicted octanol–water partition coefficient (Wildman–Crippen LogP) is 5.69. The van der Waals surface area contributed by atoms with Gasteiger partial charge in [-0.3, -0.25) is 4.98 Å². The highest BCUT2D eigenvalue weighted by atomic mass is 16.3. The van der Waals surface area contributed by atoms with Crippen LogP contribution in [0.3, 0.4) is 0 Å². The second kappa shape index (κ2) is 6.38. The minimum atomic E-state index is -1.02. The number of nitrogens with zero attached hydrogens (tertiary/aromatic N) is 1. The average molecular weight is 389 g/mol. The maximum absolute atomic E-state index is 12.1. The number of hydrogen-bond donors (Lipinski definition) is 1. The highest BCUT2D eigenvalue weighted by molar-refractivity contribution is 5.80. The number of fused-ring (bicyclic) bond motifs is 5. The van der Waals surface area contributed by atoms with E-state index in [0.717, 1.165) is 23.2 Å². The Morgan fingerprint density at radius 1 is 0.767 bits per heavy atom. The van der Waals surface area contributed by atoms with Crippen molar-refractivity contribution in [2.45, 2.75) is 23.9 Å². The zero-order valence-electron chi connectivity index (χ0n) is 16.7. The third kappa shape index (κ3) is 2.37.